The number of aliphatic hydroxyl groups is 1. The lowest BCUT2D eigenvalue weighted by atomic mass is 9.56. The molecule has 0 amide bonds. The molecule has 0 spiro atoms. The minimum absolute atomic E-state index is 0.450. The Morgan fingerprint density at radius 2 is 0.952 bits per heavy atom. The van der Waals surface area contributed by atoms with Crippen molar-refractivity contribution < 1.29 is 5.11 Å². The summed E-state index contributed by atoms with van der Waals surface area (Å²) in [5.74, 6) is 6.37. The Balaban J connectivity index is 0.0000000996. The summed E-state index contributed by atoms with van der Waals surface area (Å²) in [5, 5.41) is 13.3. The standard InChI is InChI=1S/C10H16.C9H15NO/c1-7-2-9-4-8(1)5-10(3-7)6-9;11-9-4-6-1-7(5-9)3-8(2-6)10-9/h7-10H,1-6H2;6-8,10-11H,1-5H2. The molecule has 8 fully saturated rings. The van der Waals surface area contributed by atoms with E-state index >= 15 is 0 Å². The minimum Gasteiger partial charge on any atom is -0.376 e. The molecule has 2 nitrogen and oxygen atoms in total. The van der Waals surface area contributed by atoms with Gasteiger partial charge in [0.25, 0.3) is 0 Å². The molecule has 6 saturated carbocycles. The Morgan fingerprint density at radius 3 is 1.29 bits per heavy atom. The van der Waals surface area contributed by atoms with E-state index in [0.717, 1.165) is 24.7 Å². The SMILES string of the molecule is C1C2CC3CC1CC(C2)C3.OC12CC3CC(CC(C3)N1)C2. The molecule has 0 radical (unpaired) electrons. The lowest BCUT2D eigenvalue weighted by molar-refractivity contribution is -0.133. The number of hydrogen-bond acceptors (Lipinski definition) is 2. The van der Waals surface area contributed by atoms with Gasteiger partial charge < -0.3 is 5.11 Å². The Labute approximate surface area is 129 Å². The molecule has 6 aliphatic carbocycles. The Hall–Kier alpha value is -0.0800. The van der Waals surface area contributed by atoms with Gasteiger partial charge >= 0.3 is 0 Å². The van der Waals surface area contributed by atoms with E-state index in [1.54, 1.807) is 38.5 Å². The van der Waals surface area contributed by atoms with Gasteiger partial charge in [-0.05, 0) is 106 Å². The highest BCUT2D eigenvalue weighted by Crippen LogP contribution is 2.53. The first-order chi connectivity index (χ1) is 10.1. The van der Waals surface area contributed by atoms with Crippen LogP contribution in [0.5, 0.6) is 0 Å². The zero-order valence-electron chi connectivity index (χ0n) is 13.3. The van der Waals surface area contributed by atoms with E-state index in [9.17, 15) is 5.11 Å². The fourth-order valence-corrected chi connectivity index (χ4v) is 7.54. The maximum absolute atomic E-state index is 9.99. The third-order valence-electron chi connectivity index (χ3n) is 7.63. The average Bonchev–Trinajstić information content (AvgIpc) is 2.34. The van der Waals surface area contributed by atoms with Crippen molar-refractivity contribution in [1.82, 2.24) is 5.32 Å². The molecule has 8 bridgehead atoms. The largest absolute Gasteiger partial charge is 0.376 e. The van der Waals surface area contributed by atoms with E-state index < -0.39 is 5.72 Å². The van der Waals surface area contributed by atoms with Gasteiger partial charge in [0.15, 0.2) is 0 Å². The van der Waals surface area contributed by atoms with Crippen LogP contribution in [0.15, 0.2) is 0 Å². The first kappa shape index (κ1) is 13.4. The monoisotopic (exact) mass is 289 g/mol. The quantitative estimate of drug-likeness (QED) is 0.713. The minimum atomic E-state index is -0.450. The molecule has 8 rings (SSSR count). The van der Waals surface area contributed by atoms with Crippen molar-refractivity contribution in [3.05, 3.63) is 0 Å². The van der Waals surface area contributed by atoms with Crippen LogP contribution in [0.1, 0.15) is 70.6 Å². The summed E-state index contributed by atoms with van der Waals surface area (Å²) in [6.07, 6.45) is 15.7. The predicted octanol–water partition coefficient (Wildman–Crippen LogP) is 3.69. The molecule has 2 heteroatoms. The summed E-state index contributed by atoms with van der Waals surface area (Å²) >= 11 is 0. The van der Waals surface area contributed by atoms with Crippen LogP contribution in [0.25, 0.3) is 0 Å². The second kappa shape index (κ2) is 4.71. The Kier molecular flexibility index (Phi) is 3.00. The van der Waals surface area contributed by atoms with Gasteiger partial charge in [0.2, 0.25) is 0 Å². The zero-order chi connectivity index (χ0) is 14.0. The van der Waals surface area contributed by atoms with E-state index in [4.69, 9.17) is 0 Å². The fraction of sp³-hybridized carbons (Fsp3) is 1.00. The molecular weight excluding hydrogens is 258 g/mol. The van der Waals surface area contributed by atoms with Crippen LogP contribution in [0.3, 0.4) is 0 Å². The maximum atomic E-state index is 9.99. The second-order valence-electron chi connectivity index (χ2n) is 9.60. The molecule has 118 valence electrons. The highest BCUT2D eigenvalue weighted by Gasteiger charge is 2.49. The topological polar surface area (TPSA) is 32.3 Å². The third-order valence-corrected chi connectivity index (χ3v) is 7.63. The second-order valence-corrected chi connectivity index (χ2v) is 9.60. The summed E-state index contributed by atoms with van der Waals surface area (Å²) in [6, 6.07) is 0.645. The fourth-order valence-electron chi connectivity index (χ4n) is 7.54. The lowest BCUT2D eigenvalue weighted by Gasteiger charge is -2.54. The summed E-state index contributed by atoms with van der Waals surface area (Å²) < 4.78 is 0. The van der Waals surface area contributed by atoms with E-state index in [2.05, 4.69) is 5.32 Å². The molecule has 2 unspecified atom stereocenters. The highest BCUT2D eigenvalue weighted by atomic mass is 16.3. The van der Waals surface area contributed by atoms with Crippen LogP contribution in [0.2, 0.25) is 0 Å². The summed E-state index contributed by atoms with van der Waals surface area (Å²) in [4.78, 5) is 0. The molecule has 0 aromatic rings. The molecular formula is C19H31NO. The maximum Gasteiger partial charge on any atom is 0.116 e. The smallest absolute Gasteiger partial charge is 0.116 e. The van der Waals surface area contributed by atoms with E-state index in [-0.39, 0.29) is 0 Å². The highest BCUT2D eigenvalue weighted by molar-refractivity contribution is 5.02. The zero-order valence-corrected chi connectivity index (χ0v) is 13.3. The van der Waals surface area contributed by atoms with Gasteiger partial charge in [0.1, 0.15) is 5.72 Å². The van der Waals surface area contributed by atoms with Gasteiger partial charge in [-0.1, -0.05) is 0 Å². The molecule has 8 aliphatic rings. The van der Waals surface area contributed by atoms with Gasteiger partial charge in [-0.25, -0.2) is 0 Å². The number of nitrogens with one attached hydrogen (secondary N) is 1. The van der Waals surface area contributed by atoms with Crippen molar-refractivity contribution in [3.8, 4) is 0 Å². The van der Waals surface area contributed by atoms with Gasteiger partial charge in [0.05, 0.1) is 0 Å². The van der Waals surface area contributed by atoms with E-state index in [1.807, 2.05) is 0 Å². The van der Waals surface area contributed by atoms with Crippen LogP contribution >= 0.6 is 0 Å². The third kappa shape index (κ3) is 2.47. The van der Waals surface area contributed by atoms with Crippen molar-refractivity contribution in [2.45, 2.75) is 82.4 Å². The van der Waals surface area contributed by atoms with Crippen molar-refractivity contribution in [3.63, 3.8) is 0 Å². The number of rotatable bonds is 0. The van der Waals surface area contributed by atoms with Crippen molar-refractivity contribution in [1.29, 1.82) is 0 Å². The van der Waals surface area contributed by atoms with Gasteiger partial charge in [-0.2, -0.15) is 0 Å². The van der Waals surface area contributed by atoms with Crippen LogP contribution in [-0.2, 0) is 0 Å². The lowest BCUT2D eigenvalue weighted by Crippen LogP contribution is -2.64. The normalized spacial score (nSPS) is 59.0. The van der Waals surface area contributed by atoms with Crippen LogP contribution in [0, 0.1) is 35.5 Å². The van der Waals surface area contributed by atoms with Crippen LogP contribution in [-0.4, -0.2) is 16.9 Å². The Bertz CT molecular complexity index is 326. The van der Waals surface area contributed by atoms with E-state index in [0.29, 0.717) is 6.04 Å². The van der Waals surface area contributed by atoms with Crippen molar-refractivity contribution >= 4 is 0 Å². The molecule has 2 atom stereocenters. The molecule has 2 N–H and O–H groups in total. The molecule has 2 saturated heterocycles. The number of hydrogen-bond donors (Lipinski definition) is 2. The average molecular weight is 289 g/mol. The first-order valence-electron chi connectivity index (χ1n) is 9.63. The van der Waals surface area contributed by atoms with Gasteiger partial charge in [-0.15, -0.1) is 0 Å². The molecule has 0 aromatic carbocycles. The predicted molar refractivity (Wildman–Crippen MR) is 83.6 cm³/mol. The van der Waals surface area contributed by atoms with Crippen molar-refractivity contribution in [2.75, 3.05) is 0 Å². The van der Waals surface area contributed by atoms with Crippen LogP contribution in [0.4, 0.5) is 0 Å². The van der Waals surface area contributed by atoms with Gasteiger partial charge in [-0.3, -0.25) is 5.32 Å². The summed E-state index contributed by atoms with van der Waals surface area (Å²) in [5.41, 5.74) is -0.450. The van der Waals surface area contributed by atoms with Crippen LogP contribution < -0.4 is 5.32 Å². The first-order valence-corrected chi connectivity index (χ1v) is 9.63. The van der Waals surface area contributed by atoms with E-state index in [1.165, 1.54) is 42.9 Å². The summed E-state index contributed by atoms with van der Waals surface area (Å²) in [6.45, 7) is 0. The molecule has 2 aliphatic heterocycles. The molecule has 2 heterocycles. The molecule has 0 aromatic heterocycles. The molecule has 21 heavy (non-hydrogen) atoms. The van der Waals surface area contributed by atoms with Gasteiger partial charge in [0, 0.05) is 6.04 Å². The van der Waals surface area contributed by atoms with Crippen molar-refractivity contribution in [2.24, 2.45) is 35.5 Å². The number of piperidine rings is 2. The Morgan fingerprint density at radius 1 is 0.571 bits per heavy atom. The summed E-state index contributed by atoms with van der Waals surface area (Å²) in [7, 11) is 0.